The number of thioether (sulfide) groups is 1. The van der Waals surface area contributed by atoms with Gasteiger partial charge in [0, 0.05) is 13.1 Å². The van der Waals surface area contributed by atoms with Gasteiger partial charge in [-0.1, -0.05) is 54.6 Å². The van der Waals surface area contributed by atoms with E-state index in [4.69, 9.17) is 9.47 Å². The van der Waals surface area contributed by atoms with Crippen molar-refractivity contribution in [3.8, 4) is 5.75 Å². The van der Waals surface area contributed by atoms with Crippen molar-refractivity contribution in [1.29, 1.82) is 0 Å². The summed E-state index contributed by atoms with van der Waals surface area (Å²) in [6.45, 7) is 2.07. The molecule has 178 valence electrons. The second-order valence-corrected chi connectivity index (χ2v) is 9.25. The molecule has 3 aromatic rings. The summed E-state index contributed by atoms with van der Waals surface area (Å²) in [4.78, 5) is 40.5. The first-order valence-electron chi connectivity index (χ1n) is 11.4. The van der Waals surface area contributed by atoms with Gasteiger partial charge < -0.3 is 14.4 Å². The van der Waals surface area contributed by atoms with Crippen LogP contribution in [0.5, 0.6) is 5.75 Å². The summed E-state index contributed by atoms with van der Waals surface area (Å²) in [5.41, 5.74) is 1.87. The van der Waals surface area contributed by atoms with Crippen LogP contribution in [0.2, 0.25) is 0 Å². The van der Waals surface area contributed by atoms with Crippen LogP contribution in [-0.2, 0) is 20.9 Å². The molecule has 2 heterocycles. The van der Waals surface area contributed by atoms with Crippen molar-refractivity contribution < 1.29 is 23.9 Å². The minimum absolute atomic E-state index is 0.246. The maximum atomic E-state index is 12.8. The highest BCUT2D eigenvalue weighted by molar-refractivity contribution is 8.18. The SMILES string of the molecule is O=C(CN1C(=O)S/C(=C/c2ccc(OCc3cccc4ccccc34)cc2)C1=O)N1CCOCC1. The van der Waals surface area contributed by atoms with E-state index in [9.17, 15) is 14.4 Å². The van der Waals surface area contributed by atoms with Gasteiger partial charge in [0.1, 0.15) is 18.9 Å². The molecule has 8 heteroatoms. The highest BCUT2D eigenvalue weighted by Gasteiger charge is 2.37. The Balaban J connectivity index is 1.22. The van der Waals surface area contributed by atoms with Gasteiger partial charge in [-0.05, 0) is 51.9 Å². The molecule has 0 unspecified atom stereocenters. The number of hydrogen-bond acceptors (Lipinski definition) is 6. The fraction of sp³-hybridized carbons (Fsp3) is 0.222. The minimum Gasteiger partial charge on any atom is -0.489 e. The number of rotatable bonds is 6. The molecule has 0 spiro atoms. The first kappa shape index (κ1) is 23.1. The quantitative estimate of drug-likeness (QED) is 0.481. The largest absolute Gasteiger partial charge is 0.489 e. The molecular weight excluding hydrogens is 464 g/mol. The molecule has 0 aromatic heterocycles. The number of carbonyl (C=O) groups excluding carboxylic acids is 3. The Morgan fingerprint density at radius 3 is 2.51 bits per heavy atom. The third-order valence-electron chi connectivity index (χ3n) is 5.98. The zero-order chi connectivity index (χ0) is 24.2. The number of ether oxygens (including phenoxy) is 2. The lowest BCUT2D eigenvalue weighted by molar-refractivity contribution is -0.139. The smallest absolute Gasteiger partial charge is 0.294 e. The van der Waals surface area contributed by atoms with Gasteiger partial charge in [0.05, 0.1) is 18.1 Å². The molecule has 3 amide bonds. The Hall–Kier alpha value is -3.62. The molecule has 0 N–H and O–H groups in total. The molecule has 2 aliphatic heterocycles. The van der Waals surface area contributed by atoms with Crippen LogP contribution in [0.3, 0.4) is 0 Å². The van der Waals surface area contributed by atoms with Crippen LogP contribution in [0.4, 0.5) is 4.79 Å². The molecule has 35 heavy (non-hydrogen) atoms. The molecule has 0 aliphatic carbocycles. The molecular formula is C27H24N2O5S. The van der Waals surface area contributed by atoms with Crippen LogP contribution in [0.25, 0.3) is 16.8 Å². The zero-order valence-corrected chi connectivity index (χ0v) is 19.8. The van der Waals surface area contributed by atoms with Gasteiger partial charge in [-0.25, -0.2) is 0 Å². The molecule has 0 saturated carbocycles. The molecule has 2 saturated heterocycles. The predicted molar refractivity (Wildman–Crippen MR) is 135 cm³/mol. The molecule has 3 aromatic carbocycles. The summed E-state index contributed by atoms with van der Waals surface area (Å²) >= 11 is 0.850. The normalized spacial score (nSPS) is 17.4. The number of benzene rings is 3. The van der Waals surface area contributed by atoms with Crippen LogP contribution < -0.4 is 4.74 Å². The first-order chi connectivity index (χ1) is 17.1. The Kier molecular flexibility index (Phi) is 6.83. The number of nitrogens with zero attached hydrogens (tertiary/aromatic N) is 2. The van der Waals surface area contributed by atoms with Crippen molar-refractivity contribution in [2.75, 3.05) is 32.8 Å². The van der Waals surface area contributed by atoms with Gasteiger partial charge in [0.15, 0.2) is 0 Å². The van der Waals surface area contributed by atoms with E-state index in [-0.39, 0.29) is 12.5 Å². The van der Waals surface area contributed by atoms with Gasteiger partial charge in [-0.15, -0.1) is 0 Å². The zero-order valence-electron chi connectivity index (χ0n) is 19.0. The van der Waals surface area contributed by atoms with E-state index in [2.05, 4.69) is 24.3 Å². The predicted octanol–water partition coefficient (Wildman–Crippen LogP) is 4.31. The Labute approximate surface area is 207 Å². The summed E-state index contributed by atoms with van der Waals surface area (Å²) in [5, 5.41) is 1.90. The third-order valence-corrected chi connectivity index (χ3v) is 6.89. The number of amides is 3. The second kappa shape index (κ2) is 10.3. The number of imide groups is 1. The molecule has 0 bridgehead atoms. The summed E-state index contributed by atoms with van der Waals surface area (Å²) in [7, 11) is 0. The van der Waals surface area contributed by atoms with Gasteiger partial charge in [0.25, 0.3) is 11.1 Å². The van der Waals surface area contributed by atoms with E-state index in [1.165, 1.54) is 5.39 Å². The Bertz CT molecular complexity index is 1290. The van der Waals surface area contributed by atoms with Crippen LogP contribution in [-0.4, -0.2) is 59.7 Å². The molecule has 5 rings (SSSR count). The van der Waals surface area contributed by atoms with Crippen molar-refractivity contribution in [1.82, 2.24) is 9.80 Å². The molecule has 2 aliphatic rings. The van der Waals surface area contributed by atoms with E-state index in [1.807, 2.05) is 42.5 Å². The fourth-order valence-corrected chi connectivity index (χ4v) is 4.91. The first-order valence-corrected chi connectivity index (χ1v) is 12.2. The number of hydrogen-bond donors (Lipinski definition) is 0. The summed E-state index contributed by atoms with van der Waals surface area (Å²) in [6, 6.07) is 21.7. The van der Waals surface area contributed by atoms with Crippen molar-refractivity contribution >= 4 is 45.7 Å². The third kappa shape index (κ3) is 5.23. The molecule has 7 nitrogen and oxygen atoms in total. The van der Waals surface area contributed by atoms with Gasteiger partial charge in [0.2, 0.25) is 5.91 Å². The maximum Gasteiger partial charge on any atom is 0.294 e. The lowest BCUT2D eigenvalue weighted by Gasteiger charge is -2.28. The van der Waals surface area contributed by atoms with Crippen molar-refractivity contribution in [2.24, 2.45) is 0 Å². The summed E-state index contributed by atoms with van der Waals surface area (Å²) < 4.78 is 11.2. The van der Waals surface area contributed by atoms with E-state index < -0.39 is 11.1 Å². The monoisotopic (exact) mass is 488 g/mol. The van der Waals surface area contributed by atoms with E-state index in [0.29, 0.717) is 43.6 Å². The van der Waals surface area contributed by atoms with Gasteiger partial charge in [-0.3, -0.25) is 19.3 Å². The number of morpholine rings is 1. The summed E-state index contributed by atoms with van der Waals surface area (Å²) in [5.74, 6) is 0.0155. The Morgan fingerprint density at radius 2 is 1.71 bits per heavy atom. The van der Waals surface area contributed by atoms with Crippen molar-refractivity contribution in [2.45, 2.75) is 6.61 Å². The van der Waals surface area contributed by atoms with Crippen molar-refractivity contribution in [3.63, 3.8) is 0 Å². The van der Waals surface area contributed by atoms with E-state index in [0.717, 1.165) is 33.2 Å². The average Bonchev–Trinajstić information content (AvgIpc) is 3.16. The van der Waals surface area contributed by atoms with Gasteiger partial charge >= 0.3 is 0 Å². The number of fused-ring (bicyclic) bond motifs is 1. The standard InChI is InChI=1S/C27H24N2O5S/c30-25(28-12-14-33-15-13-28)17-29-26(31)24(35-27(29)32)16-19-8-10-22(11-9-19)34-18-21-6-3-5-20-4-1-2-7-23(20)21/h1-11,16H,12-15,17-18H2/b24-16+. The van der Waals surface area contributed by atoms with Crippen LogP contribution in [0.15, 0.2) is 71.6 Å². The average molecular weight is 489 g/mol. The maximum absolute atomic E-state index is 12.8. The van der Waals surface area contributed by atoms with E-state index in [1.54, 1.807) is 11.0 Å². The van der Waals surface area contributed by atoms with Crippen LogP contribution >= 0.6 is 11.8 Å². The molecule has 0 radical (unpaired) electrons. The minimum atomic E-state index is -0.446. The lowest BCUT2D eigenvalue weighted by Crippen LogP contribution is -2.46. The second-order valence-electron chi connectivity index (χ2n) is 8.26. The van der Waals surface area contributed by atoms with E-state index >= 15 is 0 Å². The van der Waals surface area contributed by atoms with Gasteiger partial charge in [-0.2, -0.15) is 0 Å². The lowest BCUT2D eigenvalue weighted by atomic mass is 10.1. The molecule has 2 fully saturated rings. The number of carbonyl (C=O) groups is 3. The fourth-order valence-electron chi connectivity index (χ4n) is 4.08. The summed E-state index contributed by atoms with van der Waals surface area (Å²) in [6.07, 6.45) is 1.67. The Morgan fingerprint density at radius 1 is 0.971 bits per heavy atom. The molecule has 0 atom stereocenters. The van der Waals surface area contributed by atoms with Crippen LogP contribution in [0, 0.1) is 0 Å². The van der Waals surface area contributed by atoms with Crippen molar-refractivity contribution in [3.05, 3.63) is 82.8 Å². The topological polar surface area (TPSA) is 76.2 Å². The highest BCUT2D eigenvalue weighted by atomic mass is 32.2. The van der Waals surface area contributed by atoms with Crippen LogP contribution in [0.1, 0.15) is 11.1 Å². The highest BCUT2D eigenvalue weighted by Crippen LogP contribution is 2.32.